The summed E-state index contributed by atoms with van der Waals surface area (Å²) in [5, 5.41) is 1.12. The van der Waals surface area contributed by atoms with Crippen molar-refractivity contribution in [1.82, 2.24) is 0 Å². The summed E-state index contributed by atoms with van der Waals surface area (Å²) in [5.74, 6) is 0. The second-order valence-corrected chi connectivity index (χ2v) is 4.12. The highest BCUT2D eigenvalue weighted by molar-refractivity contribution is 6.05. The van der Waals surface area contributed by atoms with Gasteiger partial charge in [0.2, 0.25) is 0 Å². The van der Waals surface area contributed by atoms with E-state index >= 15 is 0 Å². The molecule has 0 saturated carbocycles. The van der Waals surface area contributed by atoms with Crippen LogP contribution < -0.4 is 0 Å². The first-order valence-electron chi connectivity index (χ1n) is 5.88. The molecule has 0 aliphatic heterocycles. The second-order valence-electron chi connectivity index (χ2n) is 4.12. The summed E-state index contributed by atoms with van der Waals surface area (Å²) in [5.41, 5.74) is 4.28. The average Bonchev–Trinajstić information content (AvgIpc) is 2.84. The van der Waals surface area contributed by atoms with Crippen LogP contribution in [0.4, 0.5) is 0 Å². The first-order chi connectivity index (χ1) is 8.90. The molecule has 0 atom stereocenters. The van der Waals surface area contributed by atoms with E-state index in [1.807, 2.05) is 36.5 Å². The average molecular weight is 235 g/mol. The quantitative estimate of drug-likeness (QED) is 0.612. The Morgan fingerprint density at radius 3 is 2.61 bits per heavy atom. The summed E-state index contributed by atoms with van der Waals surface area (Å²) >= 11 is 0. The van der Waals surface area contributed by atoms with Crippen molar-refractivity contribution in [3.63, 3.8) is 0 Å². The van der Waals surface area contributed by atoms with Gasteiger partial charge in [0, 0.05) is 24.2 Å². The van der Waals surface area contributed by atoms with Crippen LogP contribution >= 0.6 is 0 Å². The molecule has 0 radical (unpaired) electrons. The van der Waals surface area contributed by atoms with Gasteiger partial charge in [0.1, 0.15) is 11.8 Å². The van der Waals surface area contributed by atoms with E-state index in [-0.39, 0.29) is 0 Å². The lowest BCUT2D eigenvalue weighted by Crippen LogP contribution is -1.83. The molecular weight excluding hydrogens is 222 g/mol. The van der Waals surface area contributed by atoms with Crippen LogP contribution in [0.25, 0.3) is 22.1 Å². The van der Waals surface area contributed by atoms with Gasteiger partial charge < -0.3 is 4.42 Å². The van der Waals surface area contributed by atoms with Gasteiger partial charge in [-0.3, -0.25) is 4.99 Å². The Balaban J connectivity index is 2.32. The van der Waals surface area contributed by atoms with Crippen LogP contribution in [-0.2, 0) is 0 Å². The highest BCUT2D eigenvalue weighted by Gasteiger charge is 2.09. The molecular formula is C16H13NO. The van der Waals surface area contributed by atoms with Crippen LogP contribution in [0.2, 0.25) is 0 Å². The molecule has 0 aliphatic rings. The lowest BCUT2D eigenvalue weighted by molar-refractivity contribution is 0.615. The van der Waals surface area contributed by atoms with Gasteiger partial charge in [-0.1, -0.05) is 42.5 Å². The highest BCUT2D eigenvalue weighted by atomic mass is 16.3. The molecule has 1 heterocycles. The van der Waals surface area contributed by atoms with Crippen molar-refractivity contribution in [2.24, 2.45) is 4.99 Å². The summed E-state index contributed by atoms with van der Waals surface area (Å²) < 4.78 is 5.57. The van der Waals surface area contributed by atoms with E-state index in [0.29, 0.717) is 0 Å². The van der Waals surface area contributed by atoms with Crippen molar-refractivity contribution >= 4 is 17.2 Å². The van der Waals surface area contributed by atoms with Gasteiger partial charge in [0.25, 0.3) is 0 Å². The summed E-state index contributed by atoms with van der Waals surface area (Å²) in [4.78, 5) is 4.08. The van der Waals surface area contributed by atoms with Gasteiger partial charge in [-0.15, -0.1) is 0 Å². The minimum absolute atomic E-state index is 0.895. The Kier molecular flexibility index (Phi) is 2.69. The van der Waals surface area contributed by atoms with E-state index < -0.39 is 0 Å². The molecule has 0 spiro atoms. The fraction of sp³-hybridized carbons (Fsp3) is 0.0625. The lowest BCUT2D eigenvalue weighted by Gasteiger charge is -2.03. The Bertz CT molecular complexity index is 695. The van der Waals surface area contributed by atoms with E-state index in [9.17, 15) is 0 Å². The van der Waals surface area contributed by atoms with E-state index in [0.717, 1.165) is 16.5 Å². The maximum atomic E-state index is 5.57. The van der Waals surface area contributed by atoms with Crippen molar-refractivity contribution < 1.29 is 4.42 Å². The fourth-order valence-electron chi connectivity index (χ4n) is 2.21. The van der Waals surface area contributed by atoms with Crippen LogP contribution in [0.3, 0.4) is 0 Å². The number of rotatable bonds is 2. The molecule has 2 aromatic carbocycles. The molecule has 18 heavy (non-hydrogen) atoms. The third-order valence-electron chi connectivity index (χ3n) is 2.98. The number of furan rings is 1. The van der Waals surface area contributed by atoms with Crippen LogP contribution in [0.15, 0.2) is 64.2 Å². The second kappa shape index (κ2) is 4.49. The normalized spacial score (nSPS) is 11.4. The maximum Gasteiger partial charge on any atom is 0.135 e. The van der Waals surface area contributed by atoms with Gasteiger partial charge in [-0.2, -0.15) is 0 Å². The van der Waals surface area contributed by atoms with Crippen molar-refractivity contribution in [2.45, 2.75) is 0 Å². The molecule has 2 nitrogen and oxygen atoms in total. The zero-order valence-corrected chi connectivity index (χ0v) is 10.1. The molecule has 88 valence electrons. The van der Waals surface area contributed by atoms with Crippen LogP contribution in [0.5, 0.6) is 0 Å². The van der Waals surface area contributed by atoms with Gasteiger partial charge in [-0.25, -0.2) is 0 Å². The summed E-state index contributed by atoms with van der Waals surface area (Å²) in [7, 11) is 1.77. The SMILES string of the molecule is CN=Cc1coc2cccc(-c3ccccc3)c12. The van der Waals surface area contributed by atoms with Crippen molar-refractivity contribution in [1.29, 1.82) is 0 Å². The topological polar surface area (TPSA) is 25.5 Å². The van der Waals surface area contributed by atoms with Crippen LogP contribution in [-0.4, -0.2) is 13.3 Å². The number of fused-ring (bicyclic) bond motifs is 1. The number of benzene rings is 2. The van der Waals surface area contributed by atoms with E-state index in [1.54, 1.807) is 13.3 Å². The Hall–Kier alpha value is -2.35. The zero-order valence-electron chi connectivity index (χ0n) is 10.1. The Morgan fingerprint density at radius 1 is 1.00 bits per heavy atom. The largest absolute Gasteiger partial charge is 0.464 e. The van der Waals surface area contributed by atoms with Gasteiger partial charge in [0.05, 0.1) is 0 Å². The first-order valence-corrected chi connectivity index (χ1v) is 5.88. The fourth-order valence-corrected chi connectivity index (χ4v) is 2.21. The minimum atomic E-state index is 0.895. The molecule has 0 unspecified atom stereocenters. The van der Waals surface area contributed by atoms with Crippen molar-refractivity contribution in [3.05, 3.63) is 60.4 Å². The van der Waals surface area contributed by atoms with Crippen LogP contribution in [0, 0.1) is 0 Å². The summed E-state index contributed by atoms with van der Waals surface area (Å²) in [6, 6.07) is 16.4. The van der Waals surface area contributed by atoms with E-state index in [4.69, 9.17) is 4.42 Å². The number of nitrogens with zero attached hydrogens (tertiary/aromatic N) is 1. The maximum absolute atomic E-state index is 5.57. The molecule has 2 heteroatoms. The van der Waals surface area contributed by atoms with E-state index in [1.165, 1.54) is 11.1 Å². The van der Waals surface area contributed by atoms with Crippen LogP contribution in [0.1, 0.15) is 5.56 Å². The molecule has 1 aromatic heterocycles. The first kappa shape index (κ1) is 10.8. The molecule has 0 aliphatic carbocycles. The molecule has 3 aromatic rings. The molecule has 0 saturated heterocycles. The predicted octanol–water partition coefficient (Wildman–Crippen LogP) is 4.15. The number of aliphatic imine (C=N–C) groups is 1. The molecule has 0 fully saturated rings. The number of hydrogen-bond acceptors (Lipinski definition) is 2. The monoisotopic (exact) mass is 235 g/mol. The highest BCUT2D eigenvalue weighted by Crippen LogP contribution is 2.31. The minimum Gasteiger partial charge on any atom is -0.464 e. The smallest absolute Gasteiger partial charge is 0.135 e. The molecule has 3 rings (SSSR count). The predicted molar refractivity (Wildman–Crippen MR) is 75.2 cm³/mol. The van der Waals surface area contributed by atoms with Gasteiger partial charge >= 0.3 is 0 Å². The third kappa shape index (κ3) is 1.72. The molecule has 0 bridgehead atoms. The Labute approximate surface area is 106 Å². The van der Waals surface area contributed by atoms with Gasteiger partial charge in [-0.05, 0) is 17.2 Å². The number of hydrogen-bond donors (Lipinski definition) is 0. The lowest BCUT2D eigenvalue weighted by atomic mass is 10.00. The van der Waals surface area contributed by atoms with Gasteiger partial charge in [0.15, 0.2) is 0 Å². The zero-order chi connectivity index (χ0) is 12.4. The van der Waals surface area contributed by atoms with E-state index in [2.05, 4.69) is 23.2 Å². The third-order valence-corrected chi connectivity index (χ3v) is 2.98. The van der Waals surface area contributed by atoms with Crippen molar-refractivity contribution in [3.8, 4) is 11.1 Å². The summed E-state index contributed by atoms with van der Waals surface area (Å²) in [6.07, 6.45) is 3.59. The Morgan fingerprint density at radius 2 is 1.83 bits per heavy atom. The standard InChI is InChI=1S/C16H13NO/c1-17-10-13-11-18-15-9-5-8-14(16(13)15)12-6-3-2-4-7-12/h2-11H,1H3. The molecule has 0 amide bonds. The summed E-state index contributed by atoms with van der Waals surface area (Å²) in [6.45, 7) is 0. The van der Waals surface area contributed by atoms with Crippen molar-refractivity contribution in [2.75, 3.05) is 7.05 Å². The molecule has 0 N–H and O–H groups in total.